The molecule has 2 heterocycles. The number of ether oxygens (including phenoxy) is 1. The molecule has 33 heavy (non-hydrogen) atoms. The van der Waals surface area contributed by atoms with Crippen molar-refractivity contribution < 1.29 is 19.1 Å². The van der Waals surface area contributed by atoms with Gasteiger partial charge in [0, 0.05) is 18.7 Å². The summed E-state index contributed by atoms with van der Waals surface area (Å²) < 4.78 is 7.18. The largest absolute Gasteiger partial charge is 0.446 e. The van der Waals surface area contributed by atoms with Gasteiger partial charge in [0.2, 0.25) is 5.91 Å². The van der Waals surface area contributed by atoms with Gasteiger partial charge in [-0.05, 0) is 28.7 Å². The number of rotatable bonds is 5. The zero-order valence-electron chi connectivity index (χ0n) is 18.7. The number of carbonyl (C=O) groups is 3. The second kappa shape index (κ2) is 8.35. The molecule has 0 spiro atoms. The molecule has 2 amide bonds. The fraction of sp³-hybridized carbons (Fsp3) is 0.296. The Balaban J connectivity index is 1.50. The molecule has 0 saturated carbocycles. The summed E-state index contributed by atoms with van der Waals surface area (Å²) in [4.78, 5) is 41.3. The summed E-state index contributed by atoms with van der Waals surface area (Å²) in [6, 6.07) is 20.7. The highest BCUT2D eigenvalue weighted by molar-refractivity contribution is 6.16. The normalized spacial score (nSPS) is 22.0. The molecule has 5 rings (SSSR count). The first-order valence-corrected chi connectivity index (χ1v) is 11.3. The lowest BCUT2D eigenvalue weighted by atomic mass is 9.82. The number of fused-ring (bicyclic) bond motifs is 1. The van der Waals surface area contributed by atoms with Gasteiger partial charge in [-0.25, -0.2) is 9.69 Å². The average Bonchev–Trinajstić information content (AvgIpc) is 3.48. The Labute approximate surface area is 192 Å². The number of hydrogen-bond donors (Lipinski definition) is 0. The van der Waals surface area contributed by atoms with Crippen LogP contribution < -0.4 is 0 Å². The van der Waals surface area contributed by atoms with Gasteiger partial charge in [-0.15, -0.1) is 0 Å². The SMILES string of the molecule is CC(C)[C@@H]1c2ccn(Cc3ccccc3)c2C(=O)[C@@H]1C(=O)N1C(=O)OC[C@H]1c1ccccc1. The number of cyclic esters (lactones) is 1. The van der Waals surface area contributed by atoms with Crippen molar-refractivity contribution in [3.63, 3.8) is 0 Å². The first kappa shape index (κ1) is 21.2. The van der Waals surface area contributed by atoms with E-state index in [1.807, 2.05) is 91.3 Å². The predicted molar refractivity (Wildman–Crippen MR) is 123 cm³/mol. The van der Waals surface area contributed by atoms with Crippen molar-refractivity contribution in [3.05, 3.63) is 95.3 Å². The standard InChI is InChI=1S/C27H26N2O4/c1-17(2)22-20-13-14-28(15-18-9-5-3-6-10-18)24(20)25(30)23(22)26(31)29-21(16-33-27(29)32)19-11-7-4-8-12-19/h3-14,17,21-23H,15-16H2,1-2H3/t21-,22+,23+/m0/s1. The zero-order chi connectivity index (χ0) is 23.1. The third kappa shape index (κ3) is 3.55. The lowest BCUT2D eigenvalue weighted by Crippen LogP contribution is -2.42. The van der Waals surface area contributed by atoms with Gasteiger partial charge >= 0.3 is 6.09 Å². The van der Waals surface area contributed by atoms with E-state index in [2.05, 4.69) is 0 Å². The molecular formula is C27H26N2O4. The minimum Gasteiger partial charge on any atom is -0.446 e. The van der Waals surface area contributed by atoms with Crippen molar-refractivity contribution in [1.29, 1.82) is 0 Å². The van der Waals surface area contributed by atoms with E-state index in [4.69, 9.17) is 4.74 Å². The summed E-state index contributed by atoms with van der Waals surface area (Å²) in [5.74, 6) is -1.87. The van der Waals surface area contributed by atoms with Crippen molar-refractivity contribution in [1.82, 2.24) is 9.47 Å². The van der Waals surface area contributed by atoms with Gasteiger partial charge in [0.25, 0.3) is 0 Å². The lowest BCUT2D eigenvalue weighted by molar-refractivity contribution is -0.132. The molecule has 1 saturated heterocycles. The average molecular weight is 443 g/mol. The van der Waals surface area contributed by atoms with Crippen LogP contribution in [0.5, 0.6) is 0 Å². The summed E-state index contributed by atoms with van der Waals surface area (Å²) >= 11 is 0. The molecule has 2 aliphatic rings. The van der Waals surface area contributed by atoms with Gasteiger partial charge < -0.3 is 9.30 Å². The highest BCUT2D eigenvalue weighted by Gasteiger charge is 2.52. The van der Waals surface area contributed by atoms with Crippen LogP contribution in [0.3, 0.4) is 0 Å². The first-order chi connectivity index (χ1) is 16.0. The van der Waals surface area contributed by atoms with E-state index in [0.717, 1.165) is 21.6 Å². The first-order valence-electron chi connectivity index (χ1n) is 11.3. The summed E-state index contributed by atoms with van der Waals surface area (Å²) in [6.45, 7) is 4.67. The highest BCUT2D eigenvalue weighted by atomic mass is 16.6. The maximum absolute atomic E-state index is 13.8. The molecule has 0 radical (unpaired) electrons. The van der Waals surface area contributed by atoms with Gasteiger partial charge in [-0.1, -0.05) is 74.5 Å². The maximum atomic E-state index is 13.8. The quantitative estimate of drug-likeness (QED) is 0.532. The Morgan fingerprint density at radius 3 is 2.33 bits per heavy atom. The Hall–Kier alpha value is -3.67. The fourth-order valence-corrected chi connectivity index (χ4v) is 5.19. The monoisotopic (exact) mass is 442 g/mol. The van der Waals surface area contributed by atoms with Crippen LogP contribution in [-0.2, 0) is 16.1 Å². The summed E-state index contributed by atoms with van der Waals surface area (Å²) in [5.41, 5.74) is 3.34. The molecule has 0 bridgehead atoms. The molecule has 6 nitrogen and oxygen atoms in total. The van der Waals surface area contributed by atoms with Crippen LogP contribution in [0.25, 0.3) is 0 Å². The summed E-state index contributed by atoms with van der Waals surface area (Å²) in [6.07, 6.45) is 1.23. The molecular weight excluding hydrogens is 416 g/mol. The lowest BCUT2D eigenvalue weighted by Gasteiger charge is -2.27. The molecule has 0 N–H and O–H groups in total. The van der Waals surface area contributed by atoms with Crippen molar-refractivity contribution in [3.8, 4) is 0 Å². The molecule has 0 unspecified atom stereocenters. The van der Waals surface area contributed by atoms with Crippen LogP contribution in [0.2, 0.25) is 0 Å². The molecule has 1 aromatic heterocycles. The molecule has 3 atom stereocenters. The van der Waals surface area contributed by atoms with E-state index < -0.39 is 24.0 Å². The van der Waals surface area contributed by atoms with E-state index >= 15 is 0 Å². The van der Waals surface area contributed by atoms with E-state index in [1.54, 1.807) is 0 Å². The van der Waals surface area contributed by atoms with Crippen molar-refractivity contribution in [2.45, 2.75) is 32.4 Å². The van der Waals surface area contributed by atoms with E-state index in [-0.39, 0.29) is 24.2 Å². The number of amides is 2. The van der Waals surface area contributed by atoms with Crippen LogP contribution in [0, 0.1) is 11.8 Å². The third-order valence-electron chi connectivity index (χ3n) is 6.70. The van der Waals surface area contributed by atoms with Crippen LogP contribution in [0.1, 0.15) is 53.0 Å². The second-order valence-electron chi connectivity index (χ2n) is 9.06. The molecule has 1 aliphatic heterocycles. The number of ketones is 1. The van der Waals surface area contributed by atoms with Crippen molar-refractivity contribution in [2.24, 2.45) is 11.8 Å². The third-order valence-corrected chi connectivity index (χ3v) is 6.70. The molecule has 1 aliphatic carbocycles. The van der Waals surface area contributed by atoms with Crippen LogP contribution in [0.15, 0.2) is 72.9 Å². The summed E-state index contributed by atoms with van der Waals surface area (Å²) in [5, 5.41) is 0. The molecule has 3 aromatic rings. The minimum absolute atomic E-state index is 0.0468. The fourth-order valence-electron chi connectivity index (χ4n) is 5.19. The molecule has 6 heteroatoms. The number of Topliss-reactive ketones (excluding diaryl/α,β-unsaturated/α-hetero) is 1. The zero-order valence-corrected chi connectivity index (χ0v) is 18.7. The number of hydrogen-bond acceptors (Lipinski definition) is 4. The number of aromatic nitrogens is 1. The van der Waals surface area contributed by atoms with Crippen LogP contribution >= 0.6 is 0 Å². The Morgan fingerprint density at radius 2 is 1.67 bits per heavy atom. The van der Waals surface area contributed by atoms with Crippen LogP contribution in [0.4, 0.5) is 4.79 Å². The van der Waals surface area contributed by atoms with E-state index in [9.17, 15) is 14.4 Å². The number of benzene rings is 2. The second-order valence-corrected chi connectivity index (χ2v) is 9.06. The van der Waals surface area contributed by atoms with Gasteiger partial charge in [-0.3, -0.25) is 9.59 Å². The van der Waals surface area contributed by atoms with Gasteiger partial charge in [0.15, 0.2) is 5.78 Å². The number of nitrogens with zero attached hydrogens (tertiary/aromatic N) is 2. The predicted octanol–water partition coefficient (Wildman–Crippen LogP) is 4.81. The molecule has 1 fully saturated rings. The minimum atomic E-state index is -0.935. The Morgan fingerprint density at radius 1 is 1.00 bits per heavy atom. The van der Waals surface area contributed by atoms with Crippen molar-refractivity contribution >= 4 is 17.8 Å². The Bertz CT molecular complexity index is 1200. The highest BCUT2D eigenvalue weighted by Crippen LogP contribution is 2.45. The van der Waals surface area contributed by atoms with Crippen LogP contribution in [-0.4, -0.2) is 33.9 Å². The number of carbonyl (C=O) groups excluding carboxylic acids is 3. The maximum Gasteiger partial charge on any atom is 0.417 e. The summed E-state index contributed by atoms with van der Waals surface area (Å²) in [7, 11) is 0. The van der Waals surface area contributed by atoms with Gasteiger partial charge in [0.05, 0.1) is 5.69 Å². The van der Waals surface area contributed by atoms with Gasteiger partial charge in [0.1, 0.15) is 18.6 Å². The molecule has 168 valence electrons. The van der Waals surface area contributed by atoms with Crippen molar-refractivity contribution in [2.75, 3.05) is 6.61 Å². The topological polar surface area (TPSA) is 68.6 Å². The molecule has 2 aromatic carbocycles. The Kier molecular flexibility index (Phi) is 5.36. The smallest absolute Gasteiger partial charge is 0.417 e. The number of imide groups is 1. The van der Waals surface area contributed by atoms with E-state index in [1.165, 1.54) is 0 Å². The van der Waals surface area contributed by atoms with Gasteiger partial charge in [-0.2, -0.15) is 0 Å². The van der Waals surface area contributed by atoms with E-state index in [0.29, 0.717) is 12.2 Å².